The molecule has 0 saturated heterocycles. The van der Waals surface area contributed by atoms with Crippen molar-refractivity contribution in [3.63, 3.8) is 0 Å². The van der Waals surface area contributed by atoms with Gasteiger partial charge in [-0.15, -0.1) is 0 Å². The van der Waals surface area contributed by atoms with E-state index in [1.807, 2.05) is 0 Å². The molecule has 0 saturated carbocycles. The molecule has 1 aliphatic rings. The Morgan fingerprint density at radius 2 is 2.07 bits per heavy atom. The van der Waals surface area contributed by atoms with Crippen LogP contribution in [0.25, 0.3) is 0 Å². The molecule has 1 aliphatic heterocycles. The lowest BCUT2D eigenvalue weighted by Gasteiger charge is -2.30. The van der Waals surface area contributed by atoms with Crippen LogP contribution in [0.1, 0.15) is 35.0 Å². The third-order valence-corrected chi connectivity index (χ3v) is 5.48. The van der Waals surface area contributed by atoms with Gasteiger partial charge in [-0.05, 0) is 31.0 Å². The summed E-state index contributed by atoms with van der Waals surface area (Å²) in [5, 5.41) is 0.327. The molecule has 10 heteroatoms. The van der Waals surface area contributed by atoms with E-state index in [2.05, 4.69) is 15.0 Å². The van der Waals surface area contributed by atoms with Crippen molar-refractivity contribution in [2.45, 2.75) is 25.3 Å². The number of rotatable bonds is 8. The van der Waals surface area contributed by atoms with Gasteiger partial charge in [0, 0.05) is 24.8 Å². The predicted molar refractivity (Wildman–Crippen MR) is 110 cm³/mol. The van der Waals surface area contributed by atoms with E-state index in [0.29, 0.717) is 36.1 Å². The lowest BCUT2D eigenvalue weighted by atomic mass is 9.87. The Kier molecular flexibility index (Phi) is 6.99. The van der Waals surface area contributed by atoms with Crippen LogP contribution in [0.4, 0.5) is 8.78 Å². The summed E-state index contributed by atoms with van der Waals surface area (Å²) in [6.07, 6.45) is 2.96. The number of hydrogen-bond acceptors (Lipinski definition) is 8. The highest BCUT2D eigenvalue weighted by molar-refractivity contribution is 8.13. The number of benzene rings is 1. The number of aromatic nitrogens is 2. The maximum Gasteiger partial charge on any atom is 0.232 e. The summed E-state index contributed by atoms with van der Waals surface area (Å²) in [5.41, 5.74) is 5.31. The van der Waals surface area contributed by atoms with Gasteiger partial charge in [-0.3, -0.25) is 9.79 Å². The maximum atomic E-state index is 14.5. The minimum Gasteiger partial charge on any atom is -0.474 e. The van der Waals surface area contributed by atoms with Crippen LogP contribution < -0.4 is 10.5 Å². The highest BCUT2D eigenvalue weighted by Crippen LogP contribution is 2.37. The standard InChI is InChI=1S/C20H22F2N4O3S/c1-20(3-6-30-19(23)26-20)13-7-12(8-14(21)18(13)22)9-16(27)15-10-25-17(11-24-15)29-5-4-28-2/h7-8,10-11H,3-6,9H2,1-2H3,(H2,23,26). The summed E-state index contributed by atoms with van der Waals surface area (Å²) < 4.78 is 39.0. The Balaban J connectivity index is 1.79. The number of halogens is 2. The summed E-state index contributed by atoms with van der Waals surface area (Å²) in [7, 11) is 1.55. The molecule has 1 atom stereocenters. The topological polar surface area (TPSA) is 99.7 Å². The van der Waals surface area contributed by atoms with E-state index in [1.54, 1.807) is 14.0 Å². The second-order valence-electron chi connectivity index (χ2n) is 6.94. The number of thioether (sulfide) groups is 1. The lowest BCUT2D eigenvalue weighted by molar-refractivity contribution is 0.0987. The third-order valence-electron chi connectivity index (χ3n) is 4.68. The normalized spacial score (nSPS) is 18.7. The number of hydrogen-bond donors (Lipinski definition) is 1. The Bertz CT molecular complexity index is 956. The number of carbonyl (C=O) groups excluding carboxylic acids is 1. The largest absolute Gasteiger partial charge is 0.474 e. The molecule has 2 aromatic rings. The van der Waals surface area contributed by atoms with Crippen molar-refractivity contribution in [3.8, 4) is 5.88 Å². The van der Waals surface area contributed by atoms with Crippen LogP contribution in [0.2, 0.25) is 0 Å². The second kappa shape index (κ2) is 9.48. The summed E-state index contributed by atoms with van der Waals surface area (Å²) in [6, 6.07) is 2.49. The molecule has 0 spiro atoms. The molecule has 0 bridgehead atoms. The van der Waals surface area contributed by atoms with Crippen molar-refractivity contribution < 1.29 is 23.0 Å². The Hall–Kier alpha value is -2.59. The number of nitrogens with zero attached hydrogens (tertiary/aromatic N) is 3. The van der Waals surface area contributed by atoms with Gasteiger partial charge in [-0.1, -0.05) is 11.8 Å². The van der Waals surface area contributed by atoms with Crippen LogP contribution in [0.3, 0.4) is 0 Å². The van der Waals surface area contributed by atoms with Gasteiger partial charge in [0.1, 0.15) is 12.3 Å². The van der Waals surface area contributed by atoms with Gasteiger partial charge < -0.3 is 15.2 Å². The number of amidine groups is 1. The molecule has 1 aromatic carbocycles. The molecule has 1 unspecified atom stereocenters. The third kappa shape index (κ3) is 5.11. The zero-order valence-corrected chi connectivity index (χ0v) is 17.5. The molecule has 7 nitrogen and oxygen atoms in total. The maximum absolute atomic E-state index is 14.5. The monoisotopic (exact) mass is 436 g/mol. The first-order valence-electron chi connectivity index (χ1n) is 9.26. The number of ketones is 1. The zero-order chi connectivity index (χ0) is 21.7. The molecule has 0 fully saturated rings. The fraction of sp³-hybridized carbons (Fsp3) is 0.400. The SMILES string of the molecule is COCCOc1cnc(C(=O)Cc2cc(F)c(F)c(C3(C)CCSC(N)=N3)c2)cn1. The van der Waals surface area contributed by atoms with E-state index in [4.69, 9.17) is 15.2 Å². The number of Topliss-reactive ketones (excluding diaryl/α,β-unsaturated/α-hetero) is 1. The highest BCUT2D eigenvalue weighted by atomic mass is 32.2. The van der Waals surface area contributed by atoms with Crippen LogP contribution in [0.15, 0.2) is 29.5 Å². The van der Waals surface area contributed by atoms with Crippen LogP contribution in [-0.2, 0) is 16.7 Å². The van der Waals surface area contributed by atoms with Crippen LogP contribution >= 0.6 is 11.8 Å². The fourth-order valence-corrected chi connectivity index (χ4v) is 4.03. The van der Waals surface area contributed by atoms with Gasteiger partial charge in [0.05, 0.1) is 24.5 Å². The summed E-state index contributed by atoms with van der Waals surface area (Å²) in [4.78, 5) is 25.0. The van der Waals surface area contributed by atoms with Crippen molar-refractivity contribution in [3.05, 3.63) is 53.0 Å². The van der Waals surface area contributed by atoms with E-state index >= 15 is 0 Å². The van der Waals surface area contributed by atoms with E-state index < -0.39 is 17.2 Å². The first kappa shape index (κ1) is 22.1. The van der Waals surface area contributed by atoms with Crippen molar-refractivity contribution in [2.75, 3.05) is 26.1 Å². The smallest absolute Gasteiger partial charge is 0.232 e. The first-order chi connectivity index (χ1) is 14.3. The zero-order valence-electron chi connectivity index (χ0n) is 16.7. The molecule has 3 rings (SSSR count). The van der Waals surface area contributed by atoms with E-state index in [-0.39, 0.29) is 29.3 Å². The number of nitrogens with two attached hydrogens (primary N) is 1. The number of aliphatic imine (C=N–C) groups is 1. The van der Waals surface area contributed by atoms with Gasteiger partial charge in [-0.25, -0.2) is 18.7 Å². The predicted octanol–water partition coefficient (Wildman–Crippen LogP) is 2.87. The second-order valence-corrected chi connectivity index (χ2v) is 8.06. The average molecular weight is 436 g/mol. The van der Waals surface area contributed by atoms with Gasteiger partial charge in [-0.2, -0.15) is 0 Å². The number of methoxy groups -OCH3 is 1. The van der Waals surface area contributed by atoms with Crippen molar-refractivity contribution in [1.29, 1.82) is 0 Å². The molecule has 2 heterocycles. The molecular formula is C20H22F2N4O3S. The van der Waals surface area contributed by atoms with Crippen LogP contribution in [-0.4, -0.2) is 47.0 Å². The van der Waals surface area contributed by atoms with Gasteiger partial charge in [0.15, 0.2) is 22.6 Å². The lowest BCUT2D eigenvalue weighted by Crippen LogP contribution is -2.30. The molecule has 0 amide bonds. The van der Waals surface area contributed by atoms with Gasteiger partial charge in [0.25, 0.3) is 0 Å². The minimum atomic E-state index is -1.03. The van der Waals surface area contributed by atoms with Gasteiger partial charge in [0.2, 0.25) is 5.88 Å². The quantitative estimate of drug-likeness (QED) is 0.502. The minimum absolute atomic E-state index is 0.0847. The van der Waals surface area contributed by atoms with E-state index in [9.17, 15) is 13.6 Å². The van der Waals surface area contributed by atoms with Crippen LogP contribution in [0.5, 0.6) is 5.88 Å². The Morgan fingerprint density at radius 3 is 2.73 bits per heavy atom. The molecule has 1 aromatic heterocycles. The molecular weight excluding hydrogens is 414 g/mol. The highest BCUT2D eigenvalue weighted by Gasteiger charge is 2.33. The first-order valence-corrected chi connectivity index (χ1v) is 10.2. The Morgan fingerprint density at radius 1 is 1.27 bits per heavy atom. The van der Waals surface area contributed by atoms with E-state index in [0.717, 1.165) is 6.07 Å². The molecule has 160 valence electrons. The molecule has 30 heavy (non-hydrogen) atoms. The number of carbonyl (C=O) groups is 1. The number of ether oxygens (including phenoxy) is 2. The molecule has 2 N–H and O–H groups in total. The average Bonchev–Trinajstić information content (AvgIpc) is 2.71. The van der Waals surface area contributed by atoms with Crippen molar-refractivity contribution in [2.24, 2.45) is 10.7 Å². The van der Waals surface area contributed by atoms with Crippen molar-refractivity contribution >= 4 is 22.7 Å². The summed E-state index contributed by atoms with van der Waals surface area (Å²) in [6.45, 7) is 2.41. The van der Waals surface area contributed by atoms with E-state index in [1.165, 1.54) is 30.2 Å². The summed E-state index contributed by atoms with van der Waals surface area (Å²) >= 11 is 1.37. The Labute approximate surface area is 177 Å². The molecule has 0 radical (unpaired) electrons. The summed E-state index contributed by atoms with van der Waals surface area (Å²) in [5.74, 6) is -1.48. The van der Waals surface area contributed by atoms with Crippen molar-refractivity contribution in [1.82, 2.24) is 9.97 Å². The fourth-order valence-electron chi connectivity index (χ4n) is 3.06. The molecule has 0 aliphatic carbocycles. The van der Waals surface area contributed by atoms with Crippen LogP contribution in [0, 0.1) is 11.6 Å². The van der Waals surface area contributed by atoms with Gasteiger partial charge >= 0.3 is 0 Å².